The minimum Gasteiger partial charge on any atom is -0.397 e. The molecule has 0 saturated heterocycles. The normalized spacial score (nSPS) is 16.4. The number of benzene rings is 1. The summed E-state index contributed by atoms with van der Waals surface area (Å²) in [6, 6.07) is 8.25. The summed E-state index contributed by atoms with van der Waals surface area (Å²) in [6.45, 7) is 0. The summed E-state index contributed by atoms with van der Waals surface area (Å²) in [6.07, 6.45) is 7.36. The van der Waals surface area contributed by atoms with Gasteiger partial charge in [-0.1, -0.05) is 31.0 Å². The zero-order valence-corrected chi connectivity index (χ0v) is 11.2. The molecule has 0 unspecified atom stereocenters. The van der Waals surface area contributed by atoms with Crippen LogP contribution in [0, 0.1) is 5.92 Å². The maximum absolute atomic E-state index is 6.09. The molecule has 1 fully saturated rings. The average molecular weight is 258 g/mol. The lowest BCUT2D eigenvalue weighted by Gasteiger charge is -2.12. The number of hydrogen-bond acceptors (Lipinski definition) is 3. The summed E-state index contributed by atoms with van der Waals surface area (Å²) < 4.78 is 0. The third kappa shape index (κ3) is 2.32. The fourth-order valence-electron chi connectivity index (χ4n) is 2.67. The van der Waals surface area contributed by atoms with Crippen molar-refractivity contribution in [2.75, 3.05) is 11.5 Å². The molecule has 18 heavy (non-hydrogen) atoms. The van der Waals surface area contributed by atoms with Crippen LogP contribution in [0.4, 0.5) is 5.69 Å². The van der Waals surface area contributed by atoms with Gasteiger partial charge in [-0.15, -0.1) is 11.8 Å². The monoisotopic (exact) mass is 258 g/mol. The van der Waals surface area contributed by atoms with Crippen molar-refractivity contribution in [1.29, 1.82) is 0 Å². The second-order valence-electron chi connectivity index (χ2n) is 5.02. The van der Waals surface area contributed by atoms with Gasteiger partial charge >= 0.3 is 0 Å². The summed E-state index contributed by atoms with van der Waals surface area (Å²) in [5.74, 6) is 2.07. The van der Waals surface area contributed by atoms with Gasteiger partial charge in [0, 0.05) is 16.0 Å². The molecular formula is C15H18N2S. The number of hydrogen-bond donors (Lipinski definition) is 1. The van der Waals surface area contributed by atoms with Crippen LogP contribution in [-0.4, -0.2) is 10.7 Å². The van der Waals surface area contributed by atoms with Crippen LogP contribution in [0.25, 0.3) is 10.9 Å². The van der Waals surface area contributed by atoms with Crippen LogP contribution in [0.15, 0.2) is 35.4 Å². The first-order valence-electron chi connectivity index (χ1n) is 6.60. The highest BCUT2D eigenvalue weighted by molar-refractivity contribution is 7.99. The smallest absolute Gasteiger partial charge is 0.0714 e. The summed E-state index contributed by atoms with van der Waals surface area (Å²) in [5, 5.41) is 1.19. The van der Waals surface area contributed by atoms with Crippen molar-refractivity contribution in [3.8, 4) is 0 Å². The molecule has 0 amide bonds. The van der Waals surface area contributed by atoms with Crippen molar-refractivity contribution in [3.05, 3.63) is 30.5 Å². The van der Waals surface area contributed by atoms with Gasteiger partial charge in [0.2, 0.25) is 0 Å². The van der Waals surface area contributed by atoms with Gasteiger partial charge < -0.3 is 5.73 Å². The predicted octanol–water partition coefficient (Wildman–Crippen LogP) is 4.10. The molecular weight excluding hydrogens is 240 g/mol. The Hall–Kier alpha value is -1.22. The highest BCUT2D eigenvalue weighted by Crippen LogP contribution is 2.36. The topological polar surface area (TPSA) is 38.9 Å². The molecule has 0 spiro atoms. The number of nitrogen functional groups attached to an aromatic ring is 1. The van der Waals surface area contributed by atoms with E-state index >= 15 is 0 Å². The molecule has 0 aliphatic heterocycles. The van der Waals surface area contributed by atoms with Gasteiger partial charge in [0.25, 0.3) is 0 Å². The Morgan fingerprint density at radius 2 is 2.00 bits per heavy atom. The summed E-state index contributed by atoms with van der Waals surface area (Å²) in [5.41, 5.74) is 7.95. The first-order chi connectivity index (χ1) is 8.84. The predicted molar refractivity (Wildman–Crippen MR) is 78.8 cm³/mol. The van der Waals surface area contributed by atoms with Crippen molar-refractivity contribution in [2.45, 2.75) is 30.6 Å². The van der Waals surface area contributed by atoms with Crippen LogP contribution in [0.5, 0.6) is 0 Å². The Bertz CT molecular complexity index is 547. The summed E-state index contributed by atoms with van der Waals surface area (Å²) >= 11 is 1.91. The minimum atomic E-state index is 0.816. The van der Waals surface area contributed by atoms with E-state index in [0.717, 1.165) is 17.1 Å². The largest absolute Gasteiger partial charge is 0.397 e. The highest BCUT2D eigenvalue weighted by atomic mass is 32.2. The number of thioether (sulfide) groups is 1. The number of aromatic nitrogens is 1. The van der Waals surface area contributed by atoms with Gasteiger partial charge in [0.1, 0.15) is 0 Å². The molecule has 0 bridgehead atoms. The molecule has 1 aromatic carbocycles. The van der Waals surface area contributed by atoms with Gasteiger partial charge in [-0.3, -0.25) is 4.98 Å². The van der Waals surface area contributed by atoms with Gasteiger partial charge in [0.15, 0.2) is 0 Å². The molecule has 3 rings (SSSR count). The van der Waals surface area contributed by atoms with E-state index in [-0.39, 0.29) is 0 Å². The number of fused-ring (bicyclic) bond motifs is 1. The third-order valence-corrected chi connectivity index (χ3v) is 5.07. The molecule has 1 aliphatic rings. The molecule has 1 aliphatic carbocycles. The van der Waals surface area contributed by atoms with Crippen LogP contribution in [0.3, 0.4) is 0 Å². The molecule has 3 heteroatoms. The fraction of sp³-hybridized carbons (Fsp3) is 0.400. The van der Waals surface area contributed by atoms with E-state index in [0.29, 0.717) is 0 Å². The van der Waals surface area contributed by atoms with E-state index < -0.39 is 0 Å². The van der Waals surface area contributed by atoms with Gasteiger partial charge in [-0.05, 0) is 24.8 Å². The Morgan fingerprint density at radius 1 is 1.22 bits per heavy atom. The first kappa shape index (κ1) is 11.8. The van der Waals surface area contributed by atoms with E-state index in [9.17, 15) is 0 Å². The van der Waals surface area contributed by atoms with Crippen LogP contribution in [0.2, 0.25) is 0 Å². The van der Waals surface area contributed by atoms with E-state index in [1.807, 2.05) is 17.8 Å². The molecule has 0 radical (unpaired) electrons. The van der Waals surface area contributed by atoms with E-state index in [1.54, 1.807) is 6.20 Å². The molecule has 2 aromatic rings. The van der Waals surface area contributed by atoms with Gasteiger partial charge in [0.05, 0.1) is 17.4 Å². The quantitative estimate of drug-likeness (QED) is 0.842. The Kier molecular flexibility index (Phi) is 3.41. The molecule has 2 nitrogen and oxygen atoms in total. The average Bonchev–Trinajstić information content (AvgIpc) is 2.91. The van der Waals surface area contributed by atoms with Gasteiger partial charge in [-0.2, -0.15) is 0 Å². The molecule has 1 saturated carbocycles. The molecule has 2 N–H and O–H groups in total. The minimum absolute atomic E-state index is 0.816. The van der Waals surface area contributed by atoms with E-state index in [4.69, 9.17) is 5.73 Å². The lowest BCUT2D eigenvalue weighted by molar-refractivity contribution is 0.623. The van der Waals surface area contributed by atoms with Crippen molar-refractivity contribution >= 4 is 28.4 Å². The molecule has 1 aromatic heterocycles. The zero-order chi connectivity index (χ0) is 12.4. The zero-order valence-electron chi connectivity index (χ0n) is 10.4. The number of rotatable bonds is 3. The van der Waals surface area contributed by atoms with Crippen LogP contribution in [0.1, 0.15) is 25.7 Å². The van der Waals surface area contributed by atoms with Crippen LogP contribution < -0.4 is 5.73 Å². The standard InChI is InChI=1S/C15H18N2S/c16-13-9-17-14-8-4-3-7-12(14)15(13)18-10-11-5-1-2-6-11/h3-4,7-9,11H,1-2,5-6,10,16H2. The second kappa shape index (κ2) is 5.19. The fourth-order valence-corrected chi connectivity index (χ4v) is 3.95. The lowest BCUT2D eigenvalue weighted by Crippen LogP contribution is -1.99. The Balaban J connectivity index is 1.87. The summed E-state index contributed by atoms with van der Waals surface area (Å²) in [7, 11) is 0. The number of pyridine rings is 1. The summed E-state index contributed by atoms with van der Waals surface area (Å²) in [4.78, 5) is 5.60. The van der Waals surface area contributed by atoms with Crippen molar-refractivity contribution < 1.29 is 0 Å². The van der Waals surface area contributed by atoms with Crippen molar-refractivity contribution in [1.82, 2.24) is 4.98 Å². The van der Waals surface area contributed by atoms with E-state index in [1.165, 1.54) is 41.7 Å². The maximum Gasteiger partial charge on any atom is 0.0714 e. The lowest BCUT2D eigenvalue weighted by atomic mass is 10.1. The van der Waals surface area contributed by atoms with Crippen molar-refractivity contribution in [3.63, 3.8) is 0 Å². The van der Waals surface area contributed by atoms with E-state index in [2.05, 4.69) is 23.2 Å². The Labute approximate surface area is 112 Å². The molecule has 1 heterocycles. The second-order valence-corrected chi connectivity index (χ2v) is 6.05. The molecule has 0 atom stereocenters. The van der Waals surface area contributed by atoms with Crippen molar-refractivity contribution in [2.24, 2.45) is 5.92 Å². The number of nitrogens with two attached hydrogens (primary N) is 1. The maximum atomic E-state index is 6.09. The Morgan fingerprint density at radius 3 is 2.83 bits per heavy atom. The van der Waals surface area contributed by atoms with Crippen LogP contribution >= 0.6 is 11.8 Å². The number of nitrogens with zero attached hydrogens (tertiary/aromatic N) is 1. The first-order valence-corrected chi connectivity index (χ1v) is 7.59. The number of para-hydroxylation sites is 1. The molecule has 94 valence electrons. The third-order valence-electron chi connectivity index (χ3n) is 3.69. The van der Waals surface area contributed by atoms with Crippen LogP contribution in [-0.2, 0) is 0 Å². The number of anilines is 1. The highest BCUT2D eigenvalue weighted by Gasteiger charge is 2.16. The van der Waals surface area contributed by atoms with Gasteiger partial charge in [-0.25, -0.2) is 0 Å². The SMILES string of the molecule is Nc1cnc2ccccc2c1SCC1CCCC1.